The monoisotopic (exact) mass is 450 g/mol. The van der Waals surface area contributed by atoms with E-state index in [4.69, 9.17) is 5.73 Å². The van der Waals surface area contributed by atoms with Crippen LogP contribution in [0.3, 0.4) is 0 Å². The van der Waals surface area contributed by atoms with Crippen LogP contribution in [0.2, 0.25) is 0 Å². The smallest absolute Gasteiger partial charge is 0.264 e. The summed E-state index contributed by atoms with van der Waals surface area (Å²) < 4.78 is 29.2. The van der Waals surface area contributed by atoms with Crippen molar-refractivity contribution in [3.8, 4) is 5.69 Å². The lowest BCUT2D eigenvalue weighted by molar-refractivity contribution is 0.0880. The van der Waals surface area contributed by atoms with Crippen LogP contribution in [0.5, 0.6) is 0 Å². The van der Waals surface area contributed by atoms with E-state index in [1.165, 1.54) is 28.6 Å². The van der Waals surface area contributed by atoms with Gasteiger partial charge < -0.3 is 5.73 Å². The summed E-state index contributed by atoms with van der Waals surface area (Å²) >= 11 is 0. The number of anilines is 2. The molecule has 3 heterocycles. The summed E-state index contributed by atoms with van der Waals surface area (Å²) in [4.78, 5) is 36.5. The summed E-state index contributed by atoms with van der Waals surface area (Å²) in [6.07, 6.45) is 0.620. The van der Waals surface area contributed by atoms with E-state index in [1.807, 2.05) is 19.1 Å². The Morgan fingerprint density at radius 2 is 1.69 bits per heavy atom. The minimum absolute atomic E-state index is 0.0607. The van der Waals surface area contributed by atoms with Gasteiger partial charge in [-0.05, 0) is 49.2 Å². The highest BCUT2D eigenvalue weighted by Gasteiger charge is 2.36. The number of hydrogen-bond donors (Lipinski definition) is 2. The zero-order valence-electron chi connectivity index (χ0n) is 16.9. The number of fused-ring (bicyclic) bond motifs is 2. The van der Waals surface area contributed by atoms with E-state index in [1.54, 1.807) is 12.1 Å². The van der Waals surface area contributed by atoms with Gasteiger partial charge in [0.15, 0.2) is 0 Å². The third kappa shape index (κ3) is 2.76. The highest BCUT2D eigenvalue weighted by Crippen LogP contribution is 2.36. The van der Waals surface area contributed by atoms with Crippen molar-refractivity contribution < 1.29 is 18.0 Å². The summed E-state index contributed by atoms with van der Waals surface area (Å²) in [6, 6.07) is 13.8. The SMILES string of the molecule is CC1Cc2ccccc2N1S(=O)(=O)c1ccc(-n2c(N)c3c(cc2=O)C(=O)NC3=O)cc1. The van der Waals surface area contributed by atoms with Crippen LogP contribution < -0.4 is 20.9 Å². The molecule has 9 nitrogen and oxygen atoms in total. The van der Waals surface area contributed by atoms with Gasteiger partial charge in [-0.1, -0.05) is 18.2 Å². The Morgan fingerprint density at radius 3 is 2.41 bits per heavy atom. The van der Waals surface area contributed by atoms with Gasteiger partial charge in [-0.25, -0.2) is 8.42 Å². The summed E-state index contributed by atoms with van der Waals surface area (Å²) in [6.45, 7) is 1.85. The molecule has 1 unspecified atom stereocenters. The Bertz CT molecular complexity index is 1480. The van der Waals surface area contributed by atoms with Gasteiger partial charge in [-0.15, -0.1) is 0 Å². The summed E-state index contributed by atoms with van der Waals surface area (Å²) in [5.41, 5.74) is 7.17. The Balaban J connectivity index is 1.57. The number of imide groups is 1. The lowest BCUT2D eigenvalue weighted by Crippen LogP contribution is -2.35. The van der Waals surface area contributed by atoms with Crippen LogP contribution >= 0.6 is 0 Å². The van der Waals surface area contributed by atoms with E-state index in [9.17, 15) is 22.8 Å². The van der Waals surface area contributed by atoms with Gasteiger partial charge in [0.1, 0.15) is 5.82 Å². The molecule has 2 amide bonds. The van der Waals surface area contributed by atoms with E-state index < -0.39 is 27.4 Å². The van der Waals surface area contributed by atoms with E-state index >= 15 is 0 Å². The Hall–Kier alpha value is -3.92. The van der Waals surface area contributed by atoms with Crippen molar-refractivity contribution in [2.45, 2.75) is 24.3 Å². The second-order valence-corrected chi connectivity index (χ2v) is 9.57. The maximum absolute atomic E-state index is 13.4. The zero-order valence-corrected chi connectivity index (χ0v) is 17.7. The minimum Gasteiger partial charge on any atom is -0.384 e. The second kappa shape index (κ2) is 6.79. The molecule has 5 rings (SSSR count). The fourth-order valence-electron chi connectivity index (χ4n) is 4.33. The van der Waals surface area contributed by atoms with E-state index in [0.29, 0.717) is 12.1 Å². The van der Waals surface area contributed by atoms with Crippen molar-refractivity contribution in [3.05, 3.63) is 81.6 Å². The first-order valence-corrected chi connectivity index (χ1v) is 11.3. The molecule has 0 aliphatic carbocycles. The molecule has 2 aliphatic rings. The summed E-state index contributed by atoms with van der Waals surface area (Å²) in [5, 5.41) is 2.11. The molecule has 0 saturated heterocycles. The van der Waals surface area contributed by atoms with Gasteiger partial charge >= 0.3 is 0 Å². The first-order valence-electron chi connectivity index (χ1n) is 9.84. The van der Waals surface area contributed by atoms with Crippen LogP contribution in [0, 0.1) is 0 Å². The third-order valence-electron chi connectivity index (χ3n) is 5.75. The fourth-order valence-corrected chi connectivity index (χ4v) is 6.02. The number of nitrogens with zero attached hydrogens (tertiary/aromatic N) is 2. The van der Waals surface area contributed by atoms with E-state index in [0.717, 1.165) is 16.2 Å². The molecule has 0 saturated carbocycles. The predicted molar refractivity (Wildman–Crippen MR) is 118 cm³/mol. The van der Waals surface area contributed by atoms with E-state index in [2.05, 4.69) is 5.32 Å². The molecule has 3 N–H and O–H groups in total. The average molecular weight is 450 g/mol. The maximum Gasteiger partial charge on any atom is 0.264 e. The van der Waals surface area contributed by atoms with Gasteiger partial charge in [-0.3, -0.25) is 28.6 Å². The van der Waals surface area contributed by atoms with Crippen molar-refractivity contribution >= 4 is 33.3 Å². The Labute approximate surface area is 183 Å². The van der Waals surface area contributed by atoms with Gasteiger partial charge in [0.05, 0.1) is 27.4 Å². The van der Waals surface area contributed by atoms with Gasteiger partial charge in [-0.2, -0.15) is 0 Å². The quantitative estimate of drug-likeness (QED) is 0.581. The number of aromatic nitrogens is 1. The molecule has 10 heteroatoms. The molecule has 1 atom stereocenters. The first-order chi connectivity index (χ1) is 15.2. The van der Waals surface area contributed by atoms with Crippen molar-refractivity contribution in [2.24, 2.45) is 0 Å². The molecule has 162 valence electrons. The number of pyridine rings is 1. The molecule has 3 aromatic rings. The number of sulfonamides is 1. The summed E-state index contributed by atoms with van der Waals surface area (Å²) in [5.74, 6) is -1.55. The summed E-state index contributed by atoms with van der Waals surface area (Å²) in [7, 11) is -3.84. The number of nitrogen functional groups attached to an aromatic ring is 1. The molecule has 0 bridgehead atoms. The number of nitrogens with two attached hydrogens (primary N) is 1. The van der Waals surface area contributed by atoms with Crippen molar-refractivity contribution in [1.82, 2.24) is 9.88 Å². The largest absolute Gasteiger partial charge is 0.384 e. The average Bonchev–Trinajstić information content (AvgIpc) is 3.23. The standard InChI is InChI=1S/C22H18N4O5S/c1-12-10-13-4-2-3-5-17(13)26(12)32(30,31)15-8-6-14(7-9-15)25-18(27)11-16-19(20(25)23)22(29)24-21(16)28/h2-9,11-12H,10,23H2,1H3,(H,24,28,29). The molecule has 2 aliphatic heterocycles. The van der Waals surface area contributed by atoms with Crippen LogP contribution in [0.4, 0.5) is 11.5 Å². The number of para-hydroxylation sites is 1. The number of benzene rings is 2. The highest BCUT2D eigenvalue weighted by molar-refractivity contribution is 7.92. The van der Waals surface area contributed by atoms with Crippen molar-refractivity contribution in [3.63, 3.8) is 0 Å². The highest BCUT2D eigenvalue weighted by atomic mass is 32.2. The molecule has 2 aromatic carbocycles. The van der Waals surface area contributed by atoms with Crippen LogP contribution in [0.15, 0.2) is 64.3 Å². The lowest BCUT2D eigenvalue weighted by atomic mass is 10.1. The van der Waals surface area contributed by atoms with Gasteiger partial charge in [0.25, 0.3) is 27.4 Å². The van der Waals surface area contributed by atoms with Crippen LogP contribution in [0.25, 0.3) is 5.69 Å². The number of hydrogen-bond acceptors (Lipinski definition) is 6. The zero-order chi connectivity index (χ0) is 22.8. The fraction of sp³-hybridized carbons (Fsp3) is 0.136. The number of carbonyl (C=O) groups is 2. The molecular formula is C22H18N4O5S. The number of amides is 2. The van der Waals surface area contributed by atoms with Gasteiger partial charge in [0, 0.05) is 12.1 Å². The lowest BCUT2D eigenvalue weighted by Gasteiger charge is -2.24. The topological polar surface area (TPSA) is 132 Å². The molecule has 0 radical (unpaired) electrons. The molecule has 0 spiro atoms. The molecule has 0 fully saturated rings. The predicted octanol–water partition coefficient (Wildman–Crippen LogP) is 1.44. The number of rotatable bonds is 3. The normalized spacial score (nSPS) is 17.3. The third-order valence-corrected chi connectivity index (χ3v) is 7.69. The van der Waals surface area contributed by atoms with Crippen LogP contribution in [0.1, 0.15) is 33.2 Å². The van der Waals surface area contributed by atoms with Gasteiger partial charge in [0.2, 0.25) is 0 Å². The van der Waals surface area contributed by atoms with Crippen molar-refractivity contribution in [1.29, 1.82) is 0 Å². The molecular weight excluding hydrogens is 432 g/mol. The minimum atomic E-state index is -3.84. The Kier molecular flexibility index (Phi) is 4.25. The molecule has 32 heavy (non-hydrogen) atoms. The second-order valence-electron chi connectivity index (χ2n) is 7.75. The Morgan fingerprint density at radius 1 is 1.00 bits per heavy atom. The maximum atomic E-state index is 13.4. The first kappa shape index (κ1) is 20.0. The van der Waals surface area contributed by atoms with Crippen molar-refractivity contribution in [2.75, 3.05) is 10.0 Å². The number of carbonyl (C=O) groups excluding carboxylic acids is 2. The molecule has 1 aromatic heterocycles. The number of nitrogens with one attached hydrogen (secondary N) is 1. The van der Waals surface area contributed by atoms with Crippen LogP contribution in [-0.4, -0.2) is 30.8 Å². The van der Waals surface area contributed by atoms with E-state index in [-0.39, 0.29) is 33.6 Å². The van der Waals surface area contributed by atoms with Crippen LogP contribution in [-0.2, 0) is 16.4 Å².